The topological polar surface area (TPSA) is 88.3 Å². The zero-order chi connectivity index (χ0) is 20.1. The van der Waals surface area contributed by atoms with Crippen molar-refractivity contribution in [2.45, 2.75) is 19.0 Å². The molecule has 4 heterocycles. The Bertz CT molecular complexity index is 1090. The Hall–Kier alpha value is -3.18. The summed E-state index contributed by atoms with van der Waals surface area (Å²) in [6, 6.07) is 2.40. The van der Waals surface area contributed by atoms with Gasteiger partial charge in [0.2, 0.25) is 11.9 Å². The number of fused-ring (bicyclic) bond motifs is 1. The number of aromatic nitrogens is 5. The van der Waals surface area contributed by atoms with Gasteiger partial charge in [0.05, 0.1) is 17.7 Å². The van der Waals surface area contributed by atoms with Crippen molar-refractivity contribution in [1.82, 2.24) is 29.0 Å². The number of aromatic amines is 1. The molecule has 0 aliphatic carbocycles. The van der Waals surface area contributed by atoms with Crippen LogP contribution in [0.3, 0.4) is 0 Å². The van der Waals surface area contributed by atoms with E-state index in [9.17, 15) is 27.2 Å². The van der Waals surface area contributed by atoms with Gasteiger partial charge in [-0.2, -0.15) is 27.6 Å². The van der Waals surface area contributed by atoms with Crippen molar-refractivity contribution in [2.24, 2.45) is 5.92 Å². The van der Waals surface area contributed by atoms with E-state index >= 15 is 0 Å². The monoisotopic (exact) mass is 398 g/mol. The highest BCUT2D eigenvalue weighted by Gasteiger charge is 2.41. The molecule has 3 aromatic heterocycles. The van der Waals surface area contributed by atoms with Crippen molar-refractivity contribution in [2.75, 3.05) is 13.1 Å². The molecule has 1 N–H and O–H groups in total. The maximum Gasteiger partial charge on any atom is 0.391 e. The number of likely N-dealkylation sites (tertiary alicyclic amines) is 1. The summed E-state index contributed by atoms with van der Waals surface area (Å²) < 4.78 is 53.7. The number of hydrogen-bond acceptors (Lipinski definition) is 4. The number of hydrogen-bond donors (Lipinski definition) is 1. The van der Waals surface area contributed by atoms with E-state index in [1.54, 1.807) is 0 Å². The number of nitrogens with one attached hydrogen (secondary N) is 1. The SMILES string of the molecule is O=C(c1cnn(-c2nc3ccc(F)n3c(=O)[nH]2)c1)N1CCC(C(F)(F)F)CC1. The summed E-state index contributed by atoms with van der Waals surface area (Å²) in [4.78, 5) is 32.3. The molecule has 0 radical (unpaired) electrons. The van der Waals surface area contributed by atoms with Crippen LogP contribution in [-0.2, 0) is 0 Å². The van der Waals surface area contributed by atoms with Crippen LogP contribution in [0.25, 0.3) is 11.6 Å². The van der Waals surface area contributed by atoms with Crippen LogP contribution in [0.1, 0.15) is 23.2 Å². The van der Waals surface area contributed by atoms with Crippen molar-refractivity contribution in [3.63, 3.8) is 0 Å². The third-order valence-electron chi connectivity index (χ3n) is 4.75. The van der Waals surface area contributed by atoms with Crippen LogP contribution >= 0.6 is 0 Å². The third-order valence-corrected chi connectivity index (χ3v) is 4.75. The Morgan fingerprint density at radius 2 is 1.93 bits per heavy atom. The number of nitrogens with zero attached hydrogens (tertiary/aromatic N) is 5. The van der Waals surface area contributed by atoms with Gasteiger partial charge in [0.25, 0.3) is 5.91 Å². The van der Waals surface area contributed by atoms with Gasteiger partial charge in [-0.1, -0.05) is 0 Å². The standard InChI is InChI=1S/C16H14F4N6O2/c17-11-1-2-12-22-14(23-15(28)26(11)12)25-8-9(7-21-25)13(27)24-5-3-10(4-6-24)16(18,19)20/h1-2,7-8,10H,3-6H2,(H,22,23,28). The van der Waals surface area contributed by atoms with Crippen molar-refractivity contribution in [3.8, 4) is 5.95 Å². The molecule has 1 amide bonds. The fraction of sp³-hybridized carbons (Fsp3) is 0.375. The molecule has 1 fully saturated rings. The fourth-order valence-electron chi connectivity index (χ4n) is 3.23. The summed E-state index contributed by atoms with van der Waals surface area (Å²) in [5.41, 5.74) is -0.552. The highest BCUT2D eigenvalue weighted by molar-refractivity contribution is 5.93. The van der Waals surface area contributed by atoms with E-state index in [-0.39, 0.29) is 43.1 Å². The van der Waals surface area contributed by atoms with E-state index in [1.807, 2.05) is 0 Å². The van der Waals surface area contributed by atoms with Gasteiger partial charge in [-0.15, -0.1) is 0 Å². The summed E-state index contributed by atoms with van der Waals surface area (Å²) >= 11 is 0. The van der Waals surface area contributed by atoms with Gasteiger partial charge in [-0.3, -0.25) is 9.78 Å². The number of piperidine rings is 1. The van der Waals surface area contributed by atoms with Crippen molar-refractivity contribution >= 4 is 11.6 Å². The Morgan fingerprint density at radius 1 is 1.21 bits per heavy atom. The third kappa shape index (κ3) is 3.14. The highest BCUT2D eigenvalue weighted by Crippen LogP contribution is 2.34. The lowest BCUT2D eigenvalue weighted by atomic mass is 9.96. The number of amides is 1. The molecule has 1 aliphatic heterocycles. The van der Waals surface area contributed by atoms with E-state index in [2.05, 4.69) is 15.1 Å². The van der Waals surface area contributed by atoms with E-state index in [1.165, 1.54) is 23.4 Å². The Kier molecular flexibility index (Phi) is 4.20. The molecule has 1 aliphatic rings. The minimum absolute atomic E-state index is 0.00132. The second-order valence-electron chi connectivity index (χ2n) is 6.50. The van der Waals surface area contributed by atoms with E-state index in [0.29, 0.717) is 0 Å². The first-order valence-electron chi connectivity index (χ1n) is 8.42. The Morgan fingerprint density at radius 3 is 2.61 bits per heavy atom. The number of carbonyl (C=O) groups is 1. The summed E-state index contributed by atoms with van der Waals surface area (Å²) in [5.74, 6) is -2.65. The average molecular weight is 398 g/mol. The smallest absolute Gasteiger partial charge is 0.339 e. The van der Waals surface area contributed by atoms with Crippen molar-refractivity contribution in [1.29, 1.82) is 0 Å². The molecule has 28 heavy (non-hydrogen) atoms. The second kappa shape index (κ2) is 6.46. The minimum Gasteiger partial charge on any atom is -0.339 e. The van der Waals surface area contributed by atoms with Crippen LogP contribution in [0.5, 0.6) is 0 Å². The predicted molar refractivity (Wildman–Crippen MR) is 87.6 cm³/mol. The largest absolute Gasteiger partial charge is 0.391 e. The Balaban J connectivity index is 1.53. The van der Waals surface area contributed by atoms with Crippen LogP contribution in [0.15, 0.2) is 29.3 Å². The van der Waals surface area contributed by atoms with Crippen LogP contribution in [-0.4, -0.2) is 54.2 Å². The molecule has 0 unspecified atom stereocenters. The lowest BCUT2D eigenvalue weighted by molar-refractivity contribution is -0.183. The quantitative estimate of drug-likeness (QED) is 0.667. The predicted octanol–water partition coefficient (Wildman–Crippen LogP) is 1.76. The number of H-pyrrole nitrogens is 1. The van der Waals surface area contributed by atoms with Crippen LogP contribution < -0.4 is 5.69 Å². The van der Waals surface area contributed by atoms with Gasteiger partial charge in [0.15, 0.2) is 0 Å². The van der Waals surface area contributed by atoms with Gasteiger partial charge >= 0.3 is 11.9 Å². The molecular weight excluding hydrogens is 384 g/mol. The average Bonchev–Trinajstić information content (AvgIpc) is 3.28. The van der Waals surface area contributed by atoms with E-state index in [0.717, 1.165) is 15.1 Å². The fourth-order valence-corrected chi connectivity index (χ4v) is 3.23. The van der Waals surface area contributed by atoms with Crippen molar-refractivity contribution in [3.05, 3.63) is 46.5 Å². The first-order chi connectivity index (χ1) is 13.2. The molecule has 4 rings (SSSR count). The normalized spacial score (nSPS) is 16.1. The van der Waals surface area contributed by atoms with E-state index < -0.39 is 29.6 Å². The van der Waals surface area contributed by atoms with Gasteiger partial charge in [-0.05, 0) is 25.0 Å². The summed E-state index contributed by atoms with van der Waals surface area (Å²) in [5, 5.41) is 3.96. The molecule has 0 saturated carbocycles. The van der Waals surface area contributed by atoms with Crippen LogP contribution in [0.4, 0.5) is 17.6 Å². The van der Waals surface area contributed by atoms with Crippen molar-refractivity contribution < 1.29 is 22.4 Å². The molecule has 0 bridgehead atoms. The second-order valence-corrected chi connectivity index (χ2v) is 6.50. The number of carbonyl (C=O) groups excluding carboxylic acids is 1. The zero-order valence-electron chi connectivity index (χ0n) is 14.3. The summed E-state index contributed by atoms with van der Waals surface area (Å²) in [6.07, 6.45) is -1.99. The highest BCUT2D eigenvalue weighted by atomic mass is 19.4. The summed E-state index contributed by atoms with van der Waals surface area (Å²) in [7, 11) is 0. The van der Waals surface area contributed by atoms with E-state index in [4.69, 9.17) is 0 Å². The lowest BCUT2D eigenvalue weighted by Gasteiger charge is -2.32. The number of rotatable bonds is 2. The first-order valence-corrected chi connectivity index (χ1v) is 8.42. The molecule has 148 valence electrons. The maximum atomic E-state index is 13.5. The zero-order valence-corrected chi connectivity index (χ0v) is 14.3. The molecule has 3 aromatic rings. The number of halogens is 4. The molecule has 1 saturated heterocycles. The first kappa shape index (κ1) is 18.2. The molecule has 12 heteroatoms. The van der Waals surface area contributed by atoms with Gasteiger partial charge in [-0.25, -0.2) is 13.9 Å². The molecule has 0 spiro atoms. The maximum absolute atomic E-state index is 13.5. The number of alkyl halides is 3. The Labute approximate surface area is 154 Å². The molecule has 0 aromatic carbocycles. The van der Waals surface area contributed by atoms with Crippen LogP contribution in [0.2, 0.25) is 0 Å². The minimum atomic E-state index is -4.26. The molecule has 8 nitrogen and oxygen atoms in total. The molecule has 0 atom stereocenters. The van der Waals surface area contributed by atoms with Gasteiger partial charge in [0.1, 0.15) is 5.65 Å². The summed E-state index contributed by atoms with van der Waals surface area (Å²) in [6.45, 7) is -0.00265. The van der Waals surface area contributed by atoms with Gasteiger partial charge in [0, 0.05) is 19.3 Å². The molecular formula is C16H14F4N6O2. The van der Waals surface area contributed by atoms with Crippen LogP contribution in [0, 0.1) is 11.9 Å². The van der Waals surface area contributed by atoms with Gasteiger partial charge < -0.3 is 4.90 Å². The lowest BCUT2D eigenvalue weighted by Crippen LogP contribution is -2.42.